The molecule has 0 saturated carbocycles. The first kappa shape index (κ1) is 6.95. The van der Waals surface area contributed by atoms with Crippen LogP contribution in [0, 0.1) is 0 Å². The summed E-state index contributed by atoms with van der Waals surface area (Å²) in [4.78, 5) is 0. The second-order valence-corrected chi connectivity index (χ2v) is 2.31. The molecule has 0 aromatic rings. The number of rotatable bonds is 1. The van der Waals surface area contributed by atoms with E-state index in [9.17, 15) is 0 Å². The van der Waals surface area contributed by atoms with Crippen molar-refractivity contribution in [2.45, 2.75) is 18.2 Å². The summed E-state index contributed by atoms with van der Waals surface area (Å²) in [5.74, 6) is 0. The van der Waals surface area contributed by atoms with E-state index in [0.29, 0.717) is 13.1 Å². The monoisotopic (exact) mass is 132 g/mol. The Morgan fingerprint density at radius 2 is 2.22 bits per heavy atom. The number of nitrogens with two attached hydrogens (primary N) is 1. The van der Waals surface area contributed by atoms with E-state index in [4.69, 9.17) is 15.9 Å². The van der Waals surface area contributed by atoms with Crippen LogP contribution in [-0.2, 0) is 0 Å². The van der Waals surface area contributed by atoms with Crippen molar-refractivity contribution in [3.8, 4) is 0 Å². The quantitative estimate of drug-likeness (QED) is 0.322. The molecule has 4 heteroatoms. The van der Waals surface area contributed by atoms with Crippen molar-refractivity contribution in [1.29, 1.82) is 0 Å². The lowest BCUT2D eigenvalue weighted by molar-refractivity contribution is 0.0421. The molecular formula is C5H12N2O2. The van der Waals surface area contributed by atoms with Crippen LogP contribution in [0.4, 0.5) is 0 Å². The standard InChI is InChI=1S/C5H12N2O2/c6-1-3-5(9)4(8)2-7-3/h3-5,7-9H,1-2,6H2/t3-,4+,5-/m1/s1. The minimum absolute atomic E-state index is 0.125. The van der Waals surface area contributed by atoms with Gasteiger partial charge < -0.3 is 21.3 Å². The lowest BCUT2D eigenvalue weighted by Gasteiger charge is -2.12. The molecule has 3 atom stereocenters. The van der Waals surface area contributed by atoms with Gasteiger partial charge in [0.1, 0.15) is 0 Å². The Labute approximate surface area is 53.7 Å². The first-order valence-electron chi connectivity index (χ1n) is 3.05. The SMILES string of the molecule is NC[C@H]1NC[C@H](O)[C@@H]1O. The topological polar surface area (TPSA) is 78.5 Å². The molecule has 0 unspecified atom stereocenters. The number of hydrogen-bond acceptors (Lipinski definition) is 4. The molecule has 0 aliphatic carbocycles. The van der Waals surface area contributed by atoms with Gasteiger partial charge >= 0.3 is 0 Å². The van der Waals surface area contributed by atoms with Crippen molar-refractivity contribution < 1.29 is 10.2 Å². The lowest BCUT2D eigenvalue weighted by atomic mass is 10.1. The fourth-order valence-corrected chi connectivity index (χ4v) is 1.00. The maximum absolute atomic E-state index is 9.06. The summed E-state index contributed by atoms with van der Waals surface area (Å²) < 4.78 is 0. The van der Waals surface area contributed by atoms with Crippen LogP contribution in [0.3, 0.4) is 0 Å². The van der Waals surface area contributed by atoms with Gasteiger partial charge in [0, 0.05) is 19.1 Å². The van der Waals surface area contributed by atoms with Crippen molar-refractivity contribution in [2.75, 3.05) is 13.1 Å². The Kier molecular flexibility index (Phi) is 2.02. The normalized spacial score (nSPS) is 43.7. The molecule has 0 spiro atoms. The Morgan fingerprint density at radius 1 is 1.56 bits per heavy atom. The maximum Gasteiger partial charge on any atom is 0.0976 e. The molecule has 9 heavy (non-hydrogen) atoms. The first-order chi connectivity index (χ1) is 4.25. The van der Waals surface area contributed by atoms with E-state index in [-0.39, 0.29) is 6.04 Å². The van der Waals surface area contributed by atoms with Gasteiger partial charge in [0.2, 0.25) is 0 Å². The van der Waals surface area contributed by atoms with Gasteiger partial charge in [-0.25, -0.2) is 0 Å². The summed E-state index contributed by atoms with van der Waals surface area (Å²) >= 11 is 0. The van der Waals surface area contributed by atoms with Crippen LogP contribution in [0.1, 0.15) is 0 Å². The van der Waals surface area contributed by atoms with E-state index in [2.05, 4.69) is 5.32 Å². The van der Waals surface area contributed by atoms with Gasteiger partial charge in [-0.15, -0.1) is 0 Å². The molecule has 1 aliphatic heterocycles. The second-order valence-electron chi connectivity index (χ2n) is 2.31. The van der Waals surface area contributed by atoms with Gasteiger partial charge in [-0.3, -0.25) is 0 Å². The molecule has 1 saturated heterocycles. The summed E-state index contributed by atoms with van der Waals surface area (Å²) in [6.07, 6.45) is -1.33. The third-order valence-corrected chi connectivity index (χ3v) is 1.65. The largest absolute Gasteiger partial charge is 0.389 e. The van der Waals surface area contributed by atoms with Gasteiger partial charge in [0.25, 0.3) is 0 Å². The number of aliphatic hydroxyl groups is 2. The smallest absolute Gasteiger partial charge is 0.0976 e. The highest BCUT2D eigenvalue weighted by molar-refractivity contribution is 4.90. The third kappa shape index (κ3) is 1.21. The van der Waals surface area contributed by atoms with E-state index >= 15 is 0 Å². The highest BCUT2D eigenvalue weighted by Crippen LogP contribution is 2.05. The van der Waals surface area contributed by atoms with E-state index in [1.54, 1.807) is 0 Å². The molecule has 1 heterocycles. The van der Waals surface area contributed by atoms with Crippen LogP contribution in [0.2, 0.25) is 0 Å². The zero-order chi connectivity index (χ0) is 6.85. The van der Waals surface area contributed by atoms with Crippen LogP contribution < -0.4 is 11.1 Å². The van der Waals surface area contributed by atoms with E-state index < -0.39 is 12.2 Å². The molecule has 5 N–H and O–H groups in total. The maximum atomic E-state index is 9.06. The van der Waals surface area contributed by atoms with Crippen molar-refractivity contribution >= 4 is 0 Å². The summed E-state index contributed by atoms with van der Waals surface area (Å²) in [6.45, 7) is 0.821. The molecular weight excluding hydrogens is 120 g/mol. The summed E-state index contributed by atoms with van der Waals surface area (Å²) in [6, 6.07) is -0.125. The molecule has 0 bridgehead atoms. The zero-order valence-electron chi connectivity index (χ0n) is 5.12. The molecule has 0 aromatic heterocycles. The Bertz CT molecular complexity index is 99.0. The van der Waals surface area contributed by atoms with Gasteiger partial charge in [-0.1, -0.05) is 0 Å². The van der Waals surface area contributed by atoms with E-state index in [1.807, 2.05) is 0 Å². The summed E-state index contributed by atoms with van der Waals surface area (Å²) in [5.41, 5.74) is 5.25. The van der Waals surface area contributed by atoms with Gasteiger partial charge in [0.15, 0.2) is 0 Å². The molecule has 0 amide bonds. The fraction of sp³-hybridized carbons (Fsp3) is 1.00. The number of β-amino-alcohol motifs (C(OH)–C–C–N with tert-alkyl or cyclic N) is 1. The van der Waals surface area contributed by atoms with Crippen LogP contribution in [0.25, 0.3) is 0 Å². The molecule has 54 valence electrons. The number of hydrogen-bond donors (Lipinski definition) is 4. The molecule has 0 radical (unpaired) electrons. The molecule has 0 aromatic carbocycles. The van der Waals surface area contributed by atoms with Crippen LogP contribution in [0.15, 0.2) is 0 Å². The van der Waals surface area contributed by atoms with Crippen molar-refractivity contribution in [1.82, 2.24) is 5.32 Å². The summed E-state index contributed by atoms with van der Waals surface area (Å²) in [5, 5.41) is 20.9. The minimum atomic E-state index is -0.685. The Morgan fingerprint density at radius 3 is 2.44 bits per heavy atom. The van der Waals surface area contributed by atoms with Crippen LogP contribution in [0.5, 0.6) is 0 Å². The molecule has 1 fully saturated rings. The predicted molar refractivity (Wildman–Crippen MR) is 32.9 cm³/mol. The Hall–Kier alpha value is -0.160. The number of nitrogens with one attached hydrogen (secondary N) is 1. The minimum Gasteiger partial charge on any atom is -0.389 e. The van der Waals surface area contributed by atoms with E-state index in [0.717, 1.165) is 0 Å². The van der Waals surface area contributed by atoms with Crippen molar-refractivity contribution in [2.24, 2.45) is 5.73 Å². The molecule has 4 nitrogen and oxygen atoms in total. The second kappa shape index (κ2) is 2.62. The van der Waals surface area contributed by atoms with Crippen LogP contribution >= 0.6 is 0 Å². The zero-order valence-corrected chi connectivity index (χ0v) is 5.12. The molecule has 1 aliphatic rings. The molecule has 1 rings (SSSR count). The lowest BCUT2D eigenvalue weighted by Crippen LogP contribution is -2.39. The van der Waals surface area contributed by atoms with Crippen molar-refractivity contribution in [3.05, 3.63) is 0 Å². The van der Waals surface area contributed by atoms with Crippen LogP contribution in [-0.4, -0.2) is 41.6 Å². The highest BCUT2D eigenvalue weighted by Gasteiger charge is 2.31. The average molecular weight is 132 g/mol. The van der Waals surface area contributed by atoms with Crippen molar-refractivity contribution in [3.63, 3.8) is 0 Å². The third-order valence-electron chi connectivity index (χ3n) is 1.65. The van der Waals surface area contributed by atoms with Gasteiger partial charge in [0.05, 0.1) is 12.2 Å². The average Bonchev–Trinajstić information content (AvgIpc) is 2.15. The first-order valence-corrected chi connectivity index (χ1v) is 3.05. The number of aliphatic hydroxyl groups excluding tert-OH is 2. The van der Waals surface area contributed by atoms with Gasteiger partial charge in [-0.2, -0.15) is 0 Å². The highest BCUT2D eigenvalue weighted by atomic mass is 16.3. The van der Waals surface area contributed by atoms with E-state index in [1.165, 1.54) is 0 Å². The fourth-order valence-electron chi connectivity index (χ4n) is 1.00. The predicted octanol–water partition coefficient (Wildman–Crippen LogP) is -2.36. The Balaban J connectivity index is 2.41. The van der Waals surface area contributed by atoms with Gasteiger partial charge in [-0.05, 0) is 0 Å². The summed E-state index contributed by atoms with van der Waals surface area (Å²) in [7, 11) is 0.